The van der Waals surface area contributed by atoms with Crippen molar-refractivity contribution in [3.63, 3.8) is 0 Å². The van der Waals surface area contributed by atoms with Crippen molar-refractivity contribution in [2.45, 2.75) is 44.6 Å². The van der Waals surface area contributed by atoms with E-state index in [0.717, 1.165) is 55.6 Å². The molecule has 5 rings (SSSR count). The number of rotatable bonds is 6. The molecule has 1 aliphatic heterocycles. The normalized spacial score (nSPS) is 21.5. The van der Waals surface area contributed by atoms with Crippen molar-refractivity contribution < 1.29 is 4.79 Å². The number of Topliss-reactive ketones (excluding diaryl/α,β-unsaturated/α-hetero) is 1. The first kappa shape index (κ1) is 19.2. The lowest BCUT2D eigenvalue weighted by Crippen LogP contribution is -2.38. The zero-order valence-electron chi connectivity index (χ0n) is 17.3. The molecule has 0 saturated carbocycles. The first-order valence-corrected chi connectivity index (χ1v) is 11.1. The van der Waals surface area contributed by atoms with Crippen LogP contribution in [0.1, 0.15) is 49.3 Å². The molecule has 1 fully saturated rings. The fourth-order valence-corrected chi connectivity index (χ4v) is 5.13. The van der Waals surface area contributed by atoms with Crippen LogP contribution in [-0.2, 0) is 11.2 Å². The summed E-state index contributed by atoms with van der Waals surface area (Å²) in [4.78, 5) is 27.1. The second kappa shape index (κ2) is 8.56. The van der Waals surface area contributed by atoms with Crippen LogP contribution in [0, 0.1) is 5.92 Å². The summed E-state index contributed by atoms with van der Waals surface area (Å²) in [5, 5.41) is 4.60. The Morgan fingerprint density at radius 1 is 1.17 bits per heavy atom. The maximum Gasteiger partial charge on any atom is 0.146 e. The number of anilines is 1. The molecule has 30 heavy (non-hydrogen) atoms. The molecule has 0 amide bonds. The van der Waals surface area contributed by atoms with Crippen molar-refractivity contribution in [3.8, 4) is 0 Å². The van der Waals surface area contributed by atoms with E-state index in [0.29, 0.717) is 30.7 Å². The Morgan fingerprint density at radius 3 is 3.07 bits per heavy atom. The van der Waals surface area contributed by atoms with Gasteiger partial charge >= 0.3 is 0 Å². The number of aromatic nitrogens is 3. The molecule has 3 heterocycles. The summed E-state index contributed by atoms with van der Waals surface area (Å²) in [5.74, 6) is 1.69. The molecular formula is C24H29N5O. The molecular weight excluding hydrogens is 374 g/mol. The highest BCUT2D eigenvalue weighted by Crippen LogP contribution is 2.30. The van der Waals surface area contributed by atoms with Crippen LogP contribution >= 0.6 is 0 Å². The van der Waals surface area contributed by atoms with Gasteiger partial charge in [0.05, 0.1) is 11.9 Å². The largest absolute Gasteiger partial charge is 0.356 e. The van der Waals surface area contributed by atoms with E-state index in [1.807, 2.05) is 12.3 Å². The minimum Gasteiger partial charge on any atom is -0.356 e. The van der Waals surface area contributed by atoms with Gasteiger partial charge in [0.2, 0.25) is 0 Å². The number of hydrogen-bond acceptors (Lipinski definition) is 5. The lowest BCUT2D eigenvalue weighted by molar-refractivity contribution is -0.119. The average molecular weight is 404 g/mol. The Labute approximate surface area is 177 Å². The Bertz CT molecular complexity index is 1030. The summed E-state index contributed by atoms with van der Waals surface area (Å²) in [5.41, 5.74) is 3.67. The first-order valence-electron chi connectivity index (χ1n) is 11.1. The monoisotopic (exact) mass is 403 g/mol. The summed E-state index contributed by atoms with van der Waals surface area (Å²) in [6, 6.07) is 11.0. The van der Waals surface area contributed by atoms with Crippen molar-refractivity contribution in [1.82, 2.24) is 20.3 Å². The zero-order valence-corrected chi connectivity index (χ0v) is 17.3. The minimum absolute atomic E-state index is 0.310. The number of carbonyl (C=O) groups is 1. The predicted molar refractivity (Wildman–Crippen MR) is 119 cm³/mol. The van der Waals surface area contributed by atoms with E-state index in [1.54, 1.807) is 6.33 Å². The molecule has 1 saturated heterocycles. The topological polar surface area (TPSA) is 73.9 Å². The molecule has 1 aliphatic carbocycles. The number of carbonyl (C=O) groups excluding carboxylic acids is 1. The highest BCUT2D eigenvalue weighted by molar-refractivity contribution is 5.87. The van der Waals surface area contributed by atoms with E-state index < -0.39 is 0 Å². The van der Waals surface area contributed by atoms with Crippen molar-refractivity contribution >= 4 is 22.6 Å². The first-order chi connectivity index (χ1) is 14.8. The number of hydrogen-bond donors (Lipinski definition) is 2. The van der Waals surface area contributed by atoms with Crippen LogP contribution in [0.5, 0.6) is 0 Å². The molecule has 0 spiro atoms. The Hall–Kier alpha value is -2.73. The molecule has 0 radical (unpaired) electrons. The van der Waals surface area contributed by atoms with Gasteiger partial charge in [-0.3, -0.25) is 4.79 Å². The van der Waals surface area contributed by atoms with Crippen LogP contribution in [-0.4, -0.2) is 40.4 Å². The highest BCUT2D eigenvalue weighted by Gasteiger charge is 2.25. The van der Waals surface area contributed by atoms with E-state index in [2.05, 4.69) is 49.4 Å². The van der Waals surface area contributed by atoms with Crippen LogP contribution in [0.2, 0.25) is 0 Å². The number of aryl methyl sites for hydroxylation is 1. The predicted octanol–water partition coefficient (Wildman–Crippen LogP) is 3.80. The zero-order chi connectivity index (χ0) is 20.3. The molecule has 2 unspecified atom stereocenters. The van der Waals surface area contributed by atoms with Crippen LogP contribution in [0.25, 0.3) is 11.0 Å². The number of H-pyrrole nitrogens is 1. The Kier molecular flexibility index (Phi) is 5.49. The highest BCUT2D eigenvalue weighted by atomic mass is 16.1. The summed E-state index contributed by atoms with van der Waals surface area (Å²) in [6.07, 6.45) is 9.82. The number of nitrogens with one attached hydrogen (secondary N) is 2. The van der Waals surface area contributed by atoms with Gasteiger partial charge in [-0.1, -0.05) is 24.3 Å². The third kappa shape index (κ3) is 3.97. The quantitative estimate of drug-likeness (QED) is 0.655. The standard InChI is InChI=1S/C24H29N5O/c30-19(14-26-22-9-3-7-18-6-1-2-8-20(18)22)13-17-5-4-12-29(15-17)24-21-10-11-25-23(21)27-16-28-24/h1-2,6,8,10-11,16-17,22,26H,3-5,7,9,12-15H2,(H,25,27,28). The Balaban J connectivity index is 1.18. The lowest BCUT2D eigenvalue weighted by Gasteiger charge is -2.33. The number of nitrogens with zero attached hydrogens (tertiary/aromatic N) is 3. The molecule has 6 heteroatoms. The van der Waals surface area contributed by atoms with Gasteiger partial charge in [-0.15, -0.1) is 0 Å². The van der Waals surface area contributed by atoms with Gasteiger partial charge in [-0.2, -0.15) is 0 Å². The van der Waals surface area contributed by atoms with Crippen molar-refractivity contribution in [2.75, 3.05) is 24.5 Å². The maximum atomic E-state index is 12.8. The van der Waals surface area contributed by atoms with Crippen LogP contribution in [0.3, 0.4) is 0 Å². The van der Waals surface area contributed by atoms with Gasteiger partial charge in [-0.25, -0.2) is 9.97 Å². The maximum absolute atomic E-state index is 12.8. The summed E-state index contributed by atoms with van der Waals surface area (Å²) in [7, 11) is 0. The second-order valence-electron chi connectivity index (χ2n) is 8.66. The van der Waals surface area contributed by atoms with E-state index in [1.165, 1.54) is 17.5 Å². The van der Waals surface area contributed by atoms with E-state index in [4.69, 9.17) is 0 Å². The molecule has 156 valence electrons. The van der Waals surface area contributed by atoms with Crippen molar-refractivity contribution in [1.29, 1.82) is 0 Å². The van der Waals surface area contributed by atoms with Crippen LogP contribution in [0.15, 0.2) is 42.9 Å². The minimum atomic E-state index is 0.310. The van der Waals surface area contributed by atoms with Crippen LogP contribution in [0.4, 0.5) is 5.82 Å². The summed E-state index contributed by atoms with van der Waals surface area (Å²) < 4.78 is 0. The fraction of sp³-hybridized carbons (Fsp3) is 0.458. The summed E-state index contributed by atoms with van der Waals surface area (Å²) in [6.45, 7) is 2.33. The van der Waals surface area contributed by atoms with Crippen molar-refractivity contribution in [2.24, 2.45) is 5.92 Å². The number of fused-ring (bicyclic) bond motifs is 2. The number of benzene rings is 1. The molecule has 1 aromatic carbocycles. The molecule has 2 aliphatic rings. The molecule has 2 N–H and O–H groups in total. The molecule has 2 atom stereocenters. The smallest absolute Gasteiger partial charge is 0.146 e. The van der Waals surface area contributed by atoms with E-state index >= 15 is 0 Å². The Morgan fingerprint density at radius 2 is 2.10 bits per heavy atom. The fourth-order valence-electron chi connectivity index (χ4n) is 5.13. The van der Waals surface area contributed by atoms with E-state index in [9.17, 15) is 4.79 Å². The van der Waals surface area contributed by atoms with Gasteiger partial charge in [0, 0.05) is 31.7 Å². The second-order valence-corrected chi connectivity index (χ2v) is 8.66. The number of aromatic amines is 1. The molecule has 6 nitrogen and oxygen atoms in total. The molecule has 3 aromatic rings. The number of piperidine rings is 1. The summed E-state index contributed by atoms with van der Waals surface area (Å²) >= 11 is 0. The SMILES string of the molecule is O=C(CNC1CCCc2ccccc21)CC1CCCN(c2ncnc3[nH]ccc23)C1. The van der Waals surface area contributed by atoms with Gasteiger partial charge in [0.25, 0.3) is 0 Å². The van der Waals surface area contributed by atoms with Crippen LogP contribution < -0.4 is 10.2 Å². The molecule has 0 bridgehead atoms. The molecule has 2 aromatic heterocycles. The lowest BCUT2D eigenvalue weighted by atomic mass is 9.87. The van der Waals surface area contributed by atoms with Gasteiger partial charge in [-0.05, 0) is 55.2 Å². The van der Waals surface area contributed by atoms with E-state index in [-0.39, 0.29) is 0 Å². The third-order valence-electron chi connectivity index (χ3n) is 6.58. The van der Waals surface area contributed by atoms with Gasteiger partial charge in [0.1, 0.15) is 23.6 Å². The number of ketones is 1. The van der Waals surface area contributed by atoms with Gasteiger partial charge in [0.15, 0.2) is 0 Å². The van der Waals surface area contributed by atoms with Gasteiger partial charge < -0.3 is 15.2 Å². The average Bonchev–Trinajstić information content (AvgIpc) is 3.27. The van der Waals surface area contributed by atoms with Crippen molar-refractivity contribution in [3.05, 3.63) is 54.0 Å². The third-order valence-corrected chi connectivity index (χ3v) is 6.58.